The normalized spacial score (nSPS) is 19.5. The van der Waals surface area contributed by atoms with Crippen LogP contribution in [0.3, 0.4) is 0 Å². The van der Waals surface area contributed by atoms with Crippen LogP contribution in [0.2, 0.25) is 5.02 Å². The molecule has 0 saturated heterocycles. The van der Waals surface area contributed by atoms with Gasteiger partial charge >= 0.3 is 0 Å². The Balaban J connectivity index is 1.70. The van der Waals surface area contributed by atoms with Crippen molar-refractivity contribution in [3.63, 3.8) is 0 Å². The fourth-order valence-corrected chi connectivity index (χ4v) is 4.60. The number of nitrogens with two attached hydrogens (primary N) is 1. The standard InChI is InChI=1S/C26H25ClN2O4/c1-26(2)11-19(30)24-22(12-26)33-25(29)18(13-28)23(24)16-7-8-20(21(10-16)31-3)32-14-15-5-4-6-17(27)9-15/h4-10,23H,11-12,14,29H2,1-3H3/t23-/m0/s1. The van der Waals surface area contributed by atoms with E-state index in [4.69, 9.17) is 31.5 Å². The van der Waals surface area contributed by atoms with Crippen molar-refractivity contribution >= 4 is 17.4 Å². The van der Waals surface area contributed by atoms with E-state index in [1.165, 1.54) is 0 Å². The summed E-state index contributed by atoms with van der Waals surface area (Å²) in [5.74, 6) is 0.951. The lowest BCUT2D eigenvalue weighted by Gasteiger charge is -2.37. The third-order valence-corrected chi connectivity index (χ3v) is 6.11. The topological polar surface area (TPSA) is 94.6 Å². The maximum Gasteiger partial charge on any atom is 0.205 e. The van der Waals surface area contributed by atoms with Gasteiger partial charge in [-0.2, -0.15) is 5.26 Å². The highest BCUT2D eigenvalue weighted by atomic mass is 35.5. The zero-order chi connectivity index (χ0) is 23.8. The van der Waals surface area contributed by atoms with Crippen LogP contribution in [0.25, 0.3) is 0 Å². The molecule has 0 unspecified atom stereocenters. The van der Waals surface area contributed by atoms with E-state index in [9.17, 15) is 10.1 Å². The second-order valence-electron chi connectivity index (χ2n) is 9.03. The van der Waals surface area contributed by atoms with Gasteiger partial charge in [0, 0.05) is 23.4 Å². The molecule has 0 bridgehead atoms. The minimum Gasteiger partial charge on any atom is -0.493 e. The minimum absolute atomic E-state index is 0.0343. The first-order valence-corrected chi connectivity index (χ1v) is 11.0. The van der Waals surface area contributed by atoms with Gasteiger partial charge in [0.25, 0.3) is 0 Å². The van der Waals surface area contributed by atoms with Crippen molar-refractivity contribution in [2.24, 2.45) is 11.1 Å². The highest BCUT2D eigenvalue weighted by molar-refractivity contribution is 6.30. The fourth-order valence-electron chi connectivity index (χ4n) is 4.39. The summed E-state index contributed by atoms with van der Waals surface area (Å²) in [7, 11) is 1.55. The summed E-state index contributed by atoms with van der Waals surface area (Å²) in [6.45, 7) is 4.34. The number of nitrogens with zero attached hydrogens (tertiary/aromatic N) is 1. The Hall–Kier alpha value is -3.43. The number of benzene rings is 2. The highest BCUT2D eigenvalue weighted by Gasteiger charge is 2.43. The van der Waals surface area contributed by atoms with E-state index in [1.54, 1.807) is 25.3 Å². The Kier molecular flexibility index (Phi) is 6.09. The number of ketones is 1. The molecule has 1 aliphatic heterocycles. The number of carbonyl (C=O) groups excluding carboxylic acids is 1. The van der Waals surface area contributed by atoms with Crippen LogP contribution in [0.1, 0.15) is 43.7 Å². The summed E-state index contributed by atoms with van der Waals surface area (Å²) in [4.78, 5) is 13.1. The number of methoxy groups -OCH3 is 1. The molecule has 0 saturated carbocycles. The van der Waals surface area contributed by atoms with Gasteiger partial charge in [0.15, 0.2) is 17.3 Å². The third-order valence-electron chi connectivity index (χ3n) is 5.88. The molecule has 1 aliphatic carbocycles. The molecule has 2 N–H and O–H groups in total. The first kappa shape index (κ1) is 22.8. The van der Waals surface area contributed by atoms with Gasteiger partial charge < -0.3 is 19.9 Å². The van der Waals surface area contributed by atoms with Gasteiger partial charge in [-0.25, -0.2) is 0 Å². The van der Waals surface area contributed by atoms with Crippen LogP contribution in [-0.2, 0) is 16.1 Å². The quantitative estimate of drug-likeness (QED) is 0.638. The van der Waals surface area contributed by atoms with Crippen LogP contribution in [0.4, 0.5) is 0 Å². The summed E-state index contributed by atoms with van der Waals surface area (Å²) < 4.78 is 17.3. The monoisotopic (exact) mass is 464 g/mol. The molecular weight excluding hydrogens is 440 g/mol. The molecule has 2 aromatic rings. The summed E-state index contributed by atoms with van der Waals surface area (Å²) in [6.07, 6.45) is 0.949. The van der Waals surface area contributed by atoms with Gasteiger partial charge in [0.1, 0.15) is 24.0 Å². The SMILES string of the molecule is COc1cc([C@H]2C(C#N)=C(N)OC3=C2C(=O)CC(C)(C)C3)ccc1OCc1cccc(Cl)c1. The largest absolute Gasteiger partial charge is 0.493 e. The van der Waals surface area contributed by atoms with Crippen LogP contribution in [-0.4, -0.2) is 12.9 Å². The molecule has 2 aliphatic rings. The lowest BCUT2D eigenvalue weighted by molar-refractivity contribution is -0.119. The van der Waals surface area contributed by atoms with Crippen LogP contribution >= 0.6 is 11.6 Å². The molecule has 33 heavy (non-hydrogen) atoms. The van der Waals surface area contributed by atoms with E-state index in [0.717, 1.165) is 5.56 Å². The second-order valence-corrected chi connectivity index (χ2v) is 9.47. The first-order chi connectivity index (χ1) is 15.7. The summed E-state index contributed by atoms with van der Waals surface area (Å²) in [5.41, 5.74) is 8.22. The number of hydrogen-bond donors (Lipinski definition) is 1. The maximum absolute atomic E-state index is 13.1. The fraction of sp³-hybridized carbons (Fsp3) is 0.308. The van der Waals surface area contributed by atoms with Crippen LogP contribution < -0.4 is 15.2 Å². The van der Waals surface area contributed by atoms with Crippen molar-refractivity contribution in [1.82, 2.24) is 0 Å². The molecule has 1 heterocycles. The van der Waals surface area contributed by atoms with Gasteiger partial charge in [0.05, 0.1) is 13.0 Å². The maximum atomic E-state index is 13.1. The van der Waals surface area contributed by atoms with Gasteiger partial charge in [-0.1, -0.05) is 43.6 Å². The van der Waals surface area contributed by atoms with Gasteiger partial charge in [-0.3, -0.25) is 4.79 Å². The van der Waals surface area contributed by atoms with Crippen molar-refractivity contribution in [3.8, 4) is 17.6 Å². The Morgan fingerprint density at radius 1 is 1.21 bits per heavy atom. The predicted octanol–water partition coefficient (Wildman–Crippen LogP) is 5.38. The smallest absolute Gasteiger partial charge is 0.205 e. The third kappa shape index (κ3) is 4.55. The van der Waals surface area contributed by atoms with E-state index >= 15 is 0 Å². The number of ether oxygens (including phenoxy) is 3. The lowest BCUT2D eigenvalue weighted by atomic mass is 9.70. The van der Waals surface area contributed by atoms with Crippen molar-refractivity contribution < 1.29 is 19.0 Å². The van der Waals surface area contributed by atoms with E-state index < -0.39 is 5.92 Å². The molecule has 0 aromatic heterocycles. The van der Waals surface area contributed by atoms with Crippen LogP contribution in [0.15, 0.2) is 65.3 Å². The van der Waals surface area contributed by atoms with Crippen LogP contribution in [0, 0.1) is 16.7 Å². The molecular formula is C26H25ClN2O4. The van der Waals surface area contributed by atoms with Crippen molar-refractivity contribution in [3.05, 3.63) is 81.4 Å². The zero-order valence-corrected chi connectivity index (χ0v) is 19.5. The predicted molar refractivity (Wildman–Crippen MR) is 124 cm³/mol. The average molecular weight is 465 g/mol. The molecule has 170 valence electrons. The summed E-state index contributed by atoms with van der Waals surface area (Å²) in [6, 6.07) is 14.9. The number of halogens is 1. The highest BCUT2D eigenvalue weighted by Crippen LogP contribution is 2.48. The Morgan fingerprint density at radius 3 is 2.70 bits per heavy atom. The Morgan fingerprint density at radius 2 is 2.00 bits per heavy atom. The number of rotatable bonds is 5. The molecule has 4 rings (SSSR count). The van der Waals surface area contributed by atoms with Crippen molar-refractivity contribution in [1.29, 1.82) is 5.26 Å². The lowest BCUT2D eigenvalue weighted by Crippen LogP contribution is -2.33. The minimum atomic E-state index is -0.613. The molecule has 0 radical (unpaired) electrons. The Bertz CT molecular complexity index is 1220. The molecule has 2 aromatic carbocycles. The Labute approximate surface area is 198 Å². The number of nitriles is 1. The average Bonchev–Trinajstić information content (AvgIpc) is 2.76. The van der Waals surface area contributed by atoms with E-state index in [-0.39, 0.29) is 22.7 Å². The van der Waals surface area contributed by atoms with Gasteiger partial charge in [-0.15, -0.1) is 0 Å². The van der Waals surface area contributed by atoms with E-state index in [1.807, 2.05) is 38.1 Å². The molecule has 0 spiro atoms. The number of allylic oxidation sites excluding steroid dienone is 3. The van der Waals surface area contributed by atoms with Gasteiger partial charge in [0.2, 0.25) is 5.88 Å². The summed E-state index contributed by atoms with van der Waals surface area (Å²) in [5, 5.41) is 10.5. The van der Waals surface area contributed by atoms with Crippen molar-refractivity contribution in [2.75, 3.05) is 7.11 Å². The van der Waals surface area contributed by atoms with Crippen LogP contribution in [0.5, 0.6) is 11.5 Å². The number of hydrogen-bond acceptors (Lipinski definition) is 6. The van der Waals surface area contributed by atoms with E-state index in [2.05, 4.69) is 6.07 Å². The van der Waals surface area contributed by atoms with Gasteiger partial charge in [-0.05, 0) is 40.8 Å². The number of carbonyl (C=O) groups is 1. The van der Waals surface area contributed by atoms with Crippen molar-refractivity contribution in [2.45, 2.75) is 39.2 Å². The zero-order valence-electron chi connectivity index (χ0n) is 18.8. The first-order valence-electron chi connectivity index (χ1n) is 10.6. The second kappa shape index (κ2) is 8.84. The summed E-state index contributed by atoms with van der Waals surface area (Å²) >= 11 is 6.05. The molecule has 7 heteroatoms. The molecule has 6 nitrogen and oxygen atoms in total. The molecule has 0 fully saturated rings. The number of Topliss-reactive ketones (excluding diaryl/α,β-unsaturated/α-hetero) is 1. The molecule has 1 atom stereocenters. The van der Waals surface area contributed by atoms with E-state index in [0.29, 0.717) is 52.9 Å². The molecule has 0 amide bonds.